The standard InChI is InChI=1S/C15H23FN4O2S2.HI/c1-17-15(19-12-13-3-2-4-14(16)11-13)18-5-10-24(21,22)20-6-8-23-9-7-20;/h2-4,11H,5-10,12H2,1H3,(H2,17,18,19);1H. The summed E-state index contributed by atoms with van der Waals surface area (Å²) in [7, 11) is -1.63. The quantitative estimate of drug-likeness (QED) is 0.351. The lowest BCUT2D eigenvalue weighted by Crippen LogP contribution is -2.44. The van der Waals surface area contributed by atoms with Crippen LogP contribution in [0.1, 0.15) is 5.56 Å². The molecule has 0 atom stereocenters. The Morgan fingerprint density at radius 3 is 2.68 bits per heavy atom. The van der Waals surface area contributed by atoms with Crippen molar-refractivity contribution in [2.45, 2.75) is 6.54 Å². The second-order valence-corrected chi connectivity index (χ2v) is 8.62. The summed E-state index contributed by atoms with van der Waals surface area (Å²) in [5, 5.41) is 6.02. The van der Waals surface area contributed by atoms with E-state index in [1.54, 1.807) is 29.2 Å². The summed E-state index contributed by atoms with van der Waals surface area (Å²) < 4.78 is 39.2. The van der Waals surface area contributed by atoms with Gasteiger partial charge in [0.25, 0.3) is 0 Å². The lowest BCUT2D eigenvalue weighted by molar-refractivity contribution is 0.443. The summed E-state index contributed by atoms with van der Waals surface area (Å²) in [5.41, 5.74) is 0.788. The van der Waals surface area contributed by atoms with Crippen molar-refractivity contribution in [3.05, 3.63) is 35.6 Å². The van der Waals surface area contributed by atoms with E-state index < -0.39 is 10.0 Å². The summed E-state index contributed by atoms with van der Waals surface area (Å²) in [5.74, 6) is 1.93. The van der Waals surface area contributed by atoms with Gasteiger partial charge in [-0.2, -0.15) is 11.8 Å². The van der Waals surface area contributed by atoms with Crippen LogP contribution in [0.2, 0.25) is 0 Å². The van der Waals surface area contributed by atoms with Gasteiger partial charge in [0.2, 0.25) is 10.0 Å². The fraction of sp³-hybridized carbons (Fsp3) is 0.533. The maximum Gasteiger partial charge on any atom is 0.215 e. The molecule has 2 N–H and O–H groups in total. The molecule has 0 amide bonds. The molecule has 0 aromatic heterocycles. The lowest BCUT2D eigenvalue weighted by Gasteiger charge is -2.25. The first-order valence-electron chi connectivity index (χ1n) is 7.76. The van der Waals surface area contributed by atoms with Crippen LogP contribution in [-0.2, 0) is 16.6 Å². The Hall–Kier alpha value is -0.590. The third kappa shape index (κ3) is 7.67. The van der Waals surface area contributed by atoms with E-state index in [1.165, 1.54) is 12.1 Å². The van der Waals surface area contributed by atoms with E-state index in [9.17, 15) is 12.8 Å². The van der Waals surface area contributed by atoms with Crippen molar-refractivity contribution in [2.24, 2.45) is 4.99 Å². The normalized spacial score (nSPS) is 16.2. The van der Waals surface area contributed by atoms with E-state index in [0.29, 0.717) is 25.6 Å². The minimum Gasteiger partial charge on any atom is -0.355 e. The maximum absolute atomic E-state index is 13.1. The molecule has 1 aromatic carbocycles. The highest BCUT2D eigenvalue weighted by molar-refractivity contribution is 14.0. The Morgan fingerprint density at radius 2 is 2.04 bits per heavy atom. The molecule has 142 valence electrons. The van der Waals surface area contributed by atoms with Gasteiger partial charge in [-0.15, -0.1) is 24.0 Å². The second kappa shape index (κ2) is 11.2. The van der Waals surface area contributed by atoms with Crippen LogP contribution < -0.4 is 10.6 Å². The van der Waals surface area contributed by atoms with Crippen LogP contribution in [0.5, 0.6) is 0 Å². The molecule has 1 fully saturated rings. The number of hydrogen-bond donors (Lipinski definition) is 2. The Balaban J connectivity index is 0.00000312. The molecule has 10 heteroatoms. The molecule has 0 spiro atoms. The van der Waals surface area contributed by atoms with Gasteiger partial charge in [0.05, 0.1) is 5.75 Å². The number of benzene rings is 1. The van der Waals surface area contributed by atoms with Gasteiger partial charge in [-0.25, -0.2) is 17.1 Å². The molecule has 1 saturated heterocycles. The average molecular weight is 502 g/mol. The van der Waals surface area contributed by atoms with Gasteiger partial charge in [0.15, 0.2) is 5.96 Å². The molecule has 25 heavy (non-hydrogen) atoms. The molecule has 2 rings (SSSR count). The highest BCUT2D eigenvalue weighted by atomic mass is 127. The minimum absolute atomic E-state index is 0. The molecular formula is C15H24FIN4O2S2. The summed E-state index contributed by atoms with van der Waals surface area (Å²) in [6.45, 7) is 1.85. The fourth-order valence-corrected chi connectivity index (χ4v) is 4.80. The maximum atomic E-state index is 13.1. The zero-order valence-electron chi connectivity index (χ0n) is 14.1. The zero-order chi connectivity index (χ0) is 17.4. The SMILES string of the molecule is CN=C(NCCS(=O)(=O)N1CCSCC1)NCc1cccc(F)c1.I. The van der Waals surface area contributed by atoms with E-state index in [0.717, 1.165) is 17.1 Å². The van der Waals surface area contributed by atoms with E-state index in [-0.39, 0.29) is 42.1 Å². The number of rotatable bonds is 6. The third-order valence-corrected chi connectivity index (χ3v) is 6.40. The van der Waals surface area contributed by atoms with Crippen molar-refractivity contribution in [2.75, 3.05) is 43.9 Å². The monoisotopic (exact) mass is 502 g/mol. The van der Waals surface area contributed by atoms with Crippen molar-refractivity contribution in [3.63, 3.8) is 0 Å². The molecule has 1 aliphatic heterocycles. The van der Waals surface area contributed by atoms with Crippen LogP contribution in [0.25, 0.3) is 0 Å². The number of hydrogen-bond acceptors (Lipinski definition) is 4. The summed E-state index contributed by atoms with van der Waals surface area (Å²) in [6.07, 6.45) is 0. The van der Waals surface area contributed by atoms with Crippen LogP contribution in [0.15, 0.2) is 29.3 Å². The molecule has 1 aliphatic rings. The predicted molar refractivity (Wildman–Crippen MR) is 113 cm³/mol. The molecule has 0 unspecified atom stereocenters. The Morgan fingerprint density at radius 1 is 1.32 bits per heavy atom. The van der Waals surface area contributed by atoms with Gasteiger partial charge < -0.3 is 10.6 Å². The number of nitrogens with one attached hydrogen (secondary N) is 2. The van der Waals surface area contributed by atoms with Crippen LogP contribution in [0.3, 0.4) is 0 Å². The highest BCUT2D eigenvalue weighted by Gasteiger charge is 2.23. The highest BCUT2D eigenvalue weighted by Crippen LogP contribution is 2.12. The van der Waals surface area contributed by atoms with Crippen molar-refractivity contribution < 1.29 is 12.8 Å². The summed E-state index contributed by atoms with van der Waals surface area (Å²) in [4.78, 5) is 4.05. The van der Waals surface area contributed by atoms with E-state index in [2.05, 4.69) is 15.6 Å². The molecule has 0 saturated carbocycles. The number of halogens is 2. The fourth-order valence-electron chi connectivity index (χ4n) is 2.31. The number of guanidine groups is 1. The molecule has 0 radical (unpaired) electrons. The molecule has 6 nitrogen and oxygen atoms in total. The van der Waals surface area contributed by atoms with E-state index in [1.807, 2.05) is 6.07 Å². The molecule has 0 aliphatic carbocycles. The number of aliphatic imine (C=N–C) groups is 1. The molecule has 1 heterocycles. The predicted octanol–water partition coefficient (Wildman–Crippen LogP) is 1.49. The van der Waals surface area contributed by atoms with Crippen LogP contribution >= 0.6 is 35.7 Å². The van der Waals surface area contributed by atoms with Crippen LogP contribution in [0.4, 0.5) is 4.39 Å². The first-order valence-corrected chi connectivity index (χ1v) is 10.5. The van der Waals surface area contributed by atoms with Crippen molar-refractivity contribution in [1.29, 1.82) is 0 Å². The van der Waals surface area contributed by atoms with Gasteiger partial charge in [-0.1, -0.05) is 12.1 Å². The molecule has 0 bridgehead atoms. The van der Waals surface area contributed by atoms with Crippen LogP contribution in [0, 0.1) is 5.82 Å². The first kappa shape index (κ1) is 22.5. The van der Waals surface area contributed by atoms with Gasteiger partial charge in [0.1, 0.15) is 5.82 Å². The summed E-state index contributed by atoms with van der Waals surface area (Å²) >= 11 is 1.78. The van der Waals surface area contributed by atoms with Crippen molar-refractivity contribution in [1.82, 2.24) is 14.9 Å². The minimum atomic E-state index is -3.23. The number of nitrogens with zero attached hydrogens (tertiary/aromatic N) is 2. The van der Waals surface area contributed by atoms with Gasteiger partial charge >= 0.3 is 0 Å². The average Bonchev–Trinajstić information content (AvgIpc) is 2.58. The van der Waals surface area contributed by atoms with Crippen molar-refractivity contribution >= 4 is 51.7 Å². The van der Waals surface area contributed by atoms with Gasteiger partial charge in [-0.05, 0) is 17.7 Å². The first-order chi connectivity index (χ1) is 11.5. The third-order valence-electron chi connectivity index (χ3n) is 3.59. The van der Waals surface area contributed by atoms with E-state index in [4.69, 9.17) is 0 Å². The largest absolute Gasteiger partial charge is 0.355 e. The smallest absolute Gasteiger partial charge is 0.215 e. The van der Waals surface area contributed by atoms with Crippen LogP contribution in [-0.4, -0.2) is 62.6 Å². The topological polar surface area (TPSA) is 73.8 Å². The van der Waals surface area contributed by atoms with E-state index >= 15 is 0 Å². The number of sulfonamides is 1. The molecular weight excluding hydrogens is 478 g/mol. The Bertz CT molecular complexity index is 667. The van der Waals surface area contributed by atoms with Gasteiger partial charge in [0, 0.05) is 44.7 Å². The second-order valence-electron chi connectivity index (χ2n) is 5.31. The van der Waals surface area contributed by atoms with Crippen molar-refractivity contribution in [3.8, 4) is 0 Å². The number of thioether (sulfide) groups is 1. The Labute approximate surface area is 170 Å². The lowest BCUT2D eigenvalue weighted by atomic mass is 10.2. The Kier molecular flexibility index (Phi) is 10.1. The zero-order valence-corrected chi connectivity index (χ0v) is 18.0. The molecule has 1 aromatic rings. The summed E-state index contributed by atoms with van der Waals surface area (Å²) in [6, 6.07) is 6.29. The van der Waals surface area contributed by atoms with Gasteiger partial charge in [-0.3, -0.25) is 4.99 Å².